The maximum absolute atomic E-state index is 15.9. The van der Waals surface area contributed by atoms with Gasteiger partial charge >= 0.3 is 7.60 Å². The van der Waals surface area contributed by atoms with Crippen molar-refractivity contribution in [2.75, 3.05) is 13.2 Å². The minimum atomic E-state index is -3.74. The Morgan fingerprint density at radius 2 is 1.25 bits per heavy atom. The lowest BCUT2D eigenvalue weighted by atomic mass is 10.1. The lowest BCUT2D eigenvalue weighted by Gasteiger charge is -2.40. The van der Waals surface area contributed by atoms with Gasteiger partial charge in [0.05, 0.1) is 13.2 Å². The van der Waals surface area contributed by atoms with Crippen LogP contribution < -0.4 is 0 Å². The molecule has 0 spiro atoms. The minimum absolute atomic E-state index is 0.213. The first-order valence-electron chi connectivity index (χ1n) is 9.76. The second-order valence-corrected chi connectivity index (χ2v) is 15.5. The topological polar surface area (TPSA) is 35.5 Å². The highest BCUT2D eigenvalue weighted by Gasteiger charge is 2.59. The molecule has 0 aliphatic rings. The van der Waals surface area contributed by atoms with Gasteiger partial charge in [-0.2, -0.15) is 0 Å². The predicted octanol–water partition coefficient (Wildman–Crippen LogP) is 7.33. The summed E-state index contributed by atoms with van der Waals surface area (Å²) in [6.45, 7) is 11.9. The molecule has 0 aliphatic heterocycles. The van der Waals surface area contributed by atoms with Gasteiger partial charge in [0.1, 0.15) is 8.07 Å². The van der Waals surface area contributed by atoms with E-state index >= 15 is 4.39 Å². The van der Waals surface area contributed by atoms with E-state index in [1.165, 1.54) is 32.1 Å². The van der Waals surface area contributed by atoms with Crippen LogP contribution in [0.15, 0.2) is 0 Å². The van der Waals surface area contributed by atoms with Gasteiger partial charge in [-0.05, 0) is 26.7 Å². The molecule has 0 aromatic carbocycles. The van der Waals surface area contributed by atoms with Crippen LogP contribution in [0.2, 0.25) is 19.6 Å². The van der Waals surface area contributed by atoms with Crippen LogP contribution in [0.4, 0.5) is 4.39 Å². The first-order chi connectivity index (χ1) is 11.2. The Kier molecular flexibility index (Phi) is 12.0. The number of rotatable bonds is 15. The van der Waals surface area contributed by atoms with Gasteiger partial charge in [-0.15, -0.1) is 0 Å². The summed E-state index contributed by atoms with van der Waals surface area (Å²) < 4.78 is 39.8. The zero-order valence-electron chi connectivity index (χ0n) is 16.8. The van der Waals surface area contributed by atoms with Crippen molar-refractivity contribution in [3.05, 3.63) is 0 Å². The SMILES string of the molecule is CCCCCCCCCCC(F)([Si](C)(C)C)P(=O)(OCC)OCC. The summed E-state index contributed by atoms with van der Waals surface area (Å²) in [6.07, 6.45) is 9.47. The summed E-state index contributed by atoms with van der Waals surface area (Å²) in [5, 5.41) is -1.81. The van der Waals surface area contributed by atoms with Gasteiger partial charge in [-0.1, -0.05) is 71.5 Å². The summed E-state index contributed by atoms with van der Waals surface area (Å²) in [5.41, 5.74) is 0. The van der Waals surface area contributed by atoms with Crippen LogP contribution in [-0.2, 0) is 13.6 Å². The molecule has 0 saturated carbocycles. The molecule has 1 unspecified atom stereocenters. The van der Waals surface area contributed by atoms with Crippen molar-refractivity contribution in [3.8, 4) is 0 Å². The molecule has 0 amide bonds. The van der Waals surface area contributed by atoms with Crippen LogP contribution >= 0.6 is 7.60 Å². The molecule has 24 heavy (non-hydrogen) atoms. The van der Waals surface area contributed by atoms with Crippen LogP contribution in [0.5, 0.6) is 0 Å². The zero-order chi connectivity index (χ0) is 18.7. The Morgan fingerprint density at radius 3 is 1.62 bits per heavy atom. The summed E-state index contributed by atoms with van der Waals surface area (Å²) in [6, 6.07) is 0. The van der Waals surface area contributed by atoms with Gasteiger partial charge in [0.15, 0.2) is 5.03 Å². The van der Waals surface area contributed by atoms with Gasteiger partial charge in [-0.25, -0.2) is 4.39 Å². The molecule has 3 nitrogen and oxygen atoms in total. The molecular weight excluding hydrogens is 342 g/mol. The normalized spacial score (nSPS) is 15.5. The van der Waals surface area contributed by atoms with Crippen LogP contribution in [0, 0.1) is 0 Å². The quantitative estimate of drug-likeness (QED) is 0.169. The zero-order valence-corrected chi connectivity index (χ0v) is 18.7. The molecule has 0 bridgehead atoms. The molecule has 0 aromatic heterocycles. The third-order valence-electron chi connectivity index (χ3n) is 4.54. The van der Waals surface area contributed by atoms with Gasteiger partial charge in [-0.3, -0.25) is 4.57 Å². The molecule has 1 atom stereocenters. The van der Waals surface area contributed by atoms with Gasteiger partial charge in [0.2, 0.25) is 0 Å². The number of alkyl halides is 1. The standard InChI is InChI=1S/C18H40FO3PSi/c1-7-10-11-12-13-14-15-16-17-18(19,24(4,5)6)23(20,21-8-2)22-9-3/h7-17H2,1-6H3. The fraction of sp³-hybridized carbons (Fsp3) is 1.00. The first kappa shape index (κ1) is 24.3. The first-order valence-corrected chi connectivity index (χ1v) is 14.8. The molecule has 0 rings (SSSR count). The Labute approximate surface area is 150 Å². The molecule has 0 heterocycles. The van der Waals surface area contributed by atoms with Crippen LogP contribution in [0.25, 0.3) is 0 Å². The summed E-state index contributed by atoms with van der Waals surface area (Å²) in [4.78, 5) is 0. The molecule has 146 valence electrons. The fourth-order valence-corrected chi connectivity index (χ4v) is 9.19. The molecule has 0 fully saturated rings. The van der Waals surface area contributed by atoms with Crippen molar-refractivity contribution < 1.29 is 18.0 Å². The van der Waals surface area contributed by atoms with Gasteiger partial charge in [0.25, 0.3) is 0 Å². The van der Waals surface area contributed by atoms with E-state index in [0.717, 1.165) is 19.3 Å². The van der Waals surface area contributed by atoms with E-state index in [2.05, 4.69) is 6.92 Å². The van der Waals surface area contributed by atoms with Gasteiger partial charge in [0, 0.05) is 0 Å². The van der Waals surface area contributed by atoms with Crippen molar-refractivity contribution in [2.24, 2.45) is 0 Å². The van der Waals surface area contributed by atoms with Gasteiger partial charge < -0.3 is 9.05 Å². The van der Waals surface area contributed by atoms with E-state index in [9.17, 15) is 4.57 Å². The average Bonchev–Trinajstić information content (AvgIpc) is 2.49. The number of hydrogen-bond donors (Lipinski definition) is 0. The average molecular weight is 383 g/mol. The number of halogens is 1. The van der Waals surface area contributed by atoms with Crippen LogP contribution in [-0.4, -0.2) is 26.3 Å². The third kappa shape index (κ3) is 7.27. The highest BCUT2D eigenvalue weighted by Crippen LogP contribution is 2.66. The van der Waals surface area contributed by atoms with E-state index in [1.54, 1.807) is 13.8 Å². The number of hydrogen-bond acceptors (Lipinski definition) is 3. The maximum Gasteiger partial charge on any atom is 0.363 e. The van der Waals surface area contributed by atoms with E-state index < -0.39 is 20.7 Å². The highest BCUT2D eigenvalue weighted by molar-refractivity contribution is 7.59. The van der Waals surface area contributed by atoms with Crippen LogP contribution in [0.3, 0.4) is 0 Å². The monoisotopic (exact) mass is 382 g/mol. The van der Waals surface area contributed by atoms with E-state index in [-0.39, 0.29) is 19.6 Å². The molecule has 0 aromatic rings. The smallest absolute Gasteiger partial charge is 0.307 e. The third-order valence-corrected chi connectivity index (χ3v) is 12.2. The fourth-order valence-electron chi connectivity index (χ4n) is 3.00. The van der Waals surface area contributed by atoms with E-state index in [1.807, 2.05) is 19.6 Å². The van der Waals surface area contributed by atoms with Crippen molar-refractivity contribution in [1.82, 2.24) is 0 Å². The Morgan fingerprint density at radius 1 is 0.833 bits per heavy atom. The summed E-state index contributed by atoms with van der Waals surface area (Å²) in [5.74, 6) is 0. The molecule has 0 radical (unpaired) electrons. The molecular formula is C18H40FO3PSi. The molecule has 0 aliphatic carbocycles. The largest absolute Gasteiger partial charge is 0.363 e. The Hall–Kier alpha value is 0.297. The second kappa shape index (κ2) is 11.8. The Balaban J connectivity index is 4.69. The molecule has 0 saturated heterocycles. The second-order valence-electron chi connectivity index (χ2n) is 7.57. The van der Waals surface area contributed by atoms with Crippen molar-refractivity contribution >= 4 is 15.7 Å². The maximum atomic E-state index is 15.9. The lowest BCUT2D eigenvalue weighted by molar-refractivity contribution is 0.167. The molecule has 0 N–H and O–H groups in total. The van der Waals surface area contributed by atoms with Crippen molar-refractivity contribution in [1.29, 1.82) is 0 Å². The summed E-state index contributed by atoms with van der Waals surface area (Å²) in [7, 11) is -6.12. The lowest BCUT2D eigenvalue weighted by Crippen LogP contribution is -2.49. The van der Waals surface area contributed by atoms with E-state index in [0.29, 0.717) is 0 Å². The highest BCUT2D eigenvalue weighted by atomic mass is 31.2. The predicted molar refractivity (Wildman–Crippen MR) is 105 cm³/mol. The molecule has 6 heteroatoms. The number of unbranched alkanes of at least 4 members (excludes halogenated alkanes) is 7. The van der Waals surface area contributed by atoms with Crippen molar-refractivity contribution in [3.63, 3.8) is 0 Å². The van der Waals surface area contributed by atoms with Crippen molar-refractivity contribution in [2.45, 2.75) is 103 Å². The van der Waals surface area contributed by atoms with E-state index in [4.69, 9.17) is 9.05 Å². The summed E-state index contributed by atoms with van der Waals surface area (Å²) >= 11 is 0. The minimum Gasteiger partial charge on any atom is -0.307 e. The Bertz CT molecular complexity index is 364. The van der Waals surface area contributed by atoms with Crippen LogP contribution in [0.1, 0.15) is 78.6 Å².